The number of nitrogens with zero attached hydrogens (tertiary/aromatic N) is 2. The maximum absolute atomic E-state index is 13.0. The Morgan fingerprint density at radius 3 is 1.72 bits per heavy atom. The molecule has 0 aliphatic heterocycles. The molecule has 0 radical (unpaired) electrons. The van der Waals surface area contributed by atoms with Gasteiger partial charge in [0.25, 0.3) is 0 Å². The number of carbonyl (C=O) groups is 2. The summed E-state index contributed by atoms with van der Waals surface area (Å²) in [6.07, 6.45) is 0. The quantitative estimate of drug-likeness (QED) is 0.125. The van der Waals surface area contributed by atoms with Crippen LogP contribution in [0.3, 0.4) is 0 Å². The van der Waals surface area contributed by atoms with Crippen LogP contribution in [0.2, 0.25) is 0 Å². The molecule has 4 aromatic rings. The summed E-state index contributed by atoms with van der Waals surface area (Å²) in [7, 11) is 2.42. The van der Waals surface area contributed by atoms with Crippen molar-refractivity contribution in [2.75, 3.05) is 13.2 Å². The van der Waals surface area contributed by atoms with E-state index in [1.807, 2.05) is 48.5 Å². The second-order valence-electron chi connectivity index (χ2n) is 6.95. The lowest BCUT2D eigenvalue weighted by atomic mass is 10.3. The fourth-order valence-electron chi connectivity index (χ4n) is 3.20. The largest absolute Gasteiger partial charge is 0.462 e. The Labute approximate surface area is 228 Å². The molecule has 2 aromatic heterocycles. The number of carbonyl (C=O) groups excluding carboxylic acids is 2. The van der Waals surface area contributed by atoms with E-state index in [2.05, 4.69) is 0 Å². The molecule has 0 N–H and O–H groups in total. The van der Waals surface area contributed by atoms with E-state index in [1.165, 1.54) is 26.2 Å². The topological polar surface area (TPSA) is 79.5 Å². The molecule has 186 valence electrons. The van der Waals surface area contributed by atoms with Crippen molar-refractivity contribution in [1.29, 1.82) is 0 Å². The number of rotatable bonds is 9. The lowest BCUT2D eigenvalue weighted by Crippen LogP contribution is -2.11. The molecule has 0 aliphatic carbocycles. The van der Waals surface area contributed by atoms with Crippen molar-refractivity contribution in [3.8, 4) is 11.4 Å². The van der Waals surface area contributed by atoms with Crippen molar-refractivity contribution in [3.05, 3.63) is 84.0 Å². The van der Waals surface area contributed by atoms with Gasteiger partial charge < -0.3 is 9.47 Å². The molecule has 0 atom stereocenters. The van der Waals surface area contributed by atoms with Crippen molar-refractivity contribution >= 4 is 68.4 Å². The fraction of sp³-hybridized carbons (Fsp3) is 0.167. The monoisotopic (exact) mass is 576 g/mol. The Morgan fingerprint density at radius 1 is 0.778 bits per heavy atom. The first kappa shape index (κ1) is 26.4. The van der Waals surface area contributed by atoms with Crippen molar-refractivity contribution in [3.63, 3.8) is 0 Å². The number of ether oxygens (including phenoxy) is 2. The summed E-state index contributed by atoms with van der Waals surface area (Å²) in [6, 6.07) is 18.5. The highest BCUT2D eigenvalue weighted by Gasteiger charge is 2.27. The van der Waals surface area contributed by atoms with Crippen LogP contribution in [0.15, 0.2) is 75.5 Å². The van der Waals surface area contributed by atoms with Gasteiger partial charge >= 0.3 is 16.8 Å². The highest BCUT2D eigenvalue weighted by Crippen LogP contribution is 2.45. The third-order valence-electron chi connectivity index (χ3n) is 4.69. The zero-order valence-corrected chi connectivity index (χ0v) is 23.2. The maximum Gasteiger partial charge on any atom is 0.351 e. The van der Waals surface area contributed by atoms with Crippen LogP contribution < -0.4 is 4.87 Å². The van der Waals surface area contributed by atoms with E-state index in [9.17, 15) is 14.4 Å². The van der Waals surface area contributed by atoms with Crippen LogP contribution >= 0.6 is 56.5 Å². The first-order chi connectivity index (χ1) is 17.5. The average Bonchev–Trinajstić information content (AvgIpc) is 3.40. The van der Waals surface area contributed by atoms with Gasteiger partial charge in [-0.2, -0.15) is 0 Å². The molecule has 0 amide bonds. The summed E-state index contributed by atoms with van der Waals surface area (Å²) in [5.74, 6) is -1.06. The maximum atomic E-state index is 13.0. The normalized spacial score (nSPS) is 10.8. The summed E-state index contributed by atoms with van der Waals surface area (Å²) < 4.78 is 14.2. The Bertz CT molecular complexity index is 1380. The number of thiazole rings is 2. The van der Waals surface area contributed by atoms with E-state index in [0.29, 0.717) is 24.6 Å². The van der Waals surface area contributed by atoms with Gasteiger partial charge in [0.15, 0.2) is 3.95 Å². The van der Waals surface area contributed by atoms with Crippen LogP contribution in [0.4, 0.5) is 0 Å². The molecular formula is C24H20N2O5S5. The molecule has 0 spiro atoms. The summed E-state index contributed by atoms with van der Waals surface area (Å²) in [4.78, 5) is 38.8. The summed E-state index contributed by atoms with van der Waals surface area (Å²) in [5, 5.41) is 0.957. The van der Waals surface area contributed by atoms with Crippen LogP contribution in [0.25, 0.3) is 11.4 Å². The summed E-state index contributed by atoms with van der Waals surface area (Å²) >= 11 is 7.59. The zero-order chi connectivity index (χ0) is 25.7. The van der Waals surface area contributed by atoms with Gasteiger partial charge in [-0.15, -0.1) is 0 Å². The van der Waals surface area contributed by atoms with Crippen molar-refractivity contribution in [2.45, 2.75) is 23.9 Å². The molecule has 2 aromatic carbocycles. The van der Waals surface area contributed by atoms with E-state index in [1.54, 1.807) is 30.5 Å². The van der Waals surface area contributed by atoms with E-state index >= 15 is 0 Å². The molecule has 12 heteroatoms. The predicted octanol–water partition coefficient (Wildman–Crippen LogP) is 6.63. The lowest BCUT2D eigenvalue weighted by Gasteiger charge is -2.12. The van der Waals surface area contributed by atoms with Gasteiger partial charge in [-0.05, 0) is 71.9 Å². The van der Waals surface area contributed by atoms with Crippen LogP contribution in [-0.4, -0.2) is 34.3 Å². The van der Waals surface area contributed by atoms with E-state index < -0.39 is 11.9 Å². The van der Waals surface area contributed by atoms with Gasteiger partial charge in [0.2, 0.25) is 0 Å². The first-order valence-electron chi connectivity index (χ1n) is 10.8. The van der Waals surface area contributed by atoms with Crippen molar-refractivity contribution in [1.82, 2.24) is 9.13 Å². The molecule has 4 rings (SSSR count). The second kappa shape index (κ2) is 12.1. The zero-order valence-electron chi connectivity index (χ0n) is 19.2. The van der Waals surface area contributed by atoms with Gasteiger partial charge in [0.05, 0.1) is 18.9 Å². The molecule has 7 nitrogen and oxygen atoms in total. The minimum atomic E-state index is -0.576. The highest BCUT2D eigenvalue weighted by molar-refractivity contribution is 8.76. The average molecular weight is 577 g/mol. The molecule has 36 heavy (non-hydrogen) atoms. The number of esters is 2. The van der Waals surface area contributed by atoms with Crippen LogP contribution in [0.5, 0.6) is 0 Å². The highest BCUT2D eigenvalue weighted by atomic mass is 33.1. The van der Waals surface area contributed by atoms with Crippen LogP contribution in [0.1, 0.15) is 33.2 Å². The Morgan fingerprint density at radius 2 is 1.22 bits per heavy atom. The van der Waals surface area contributed by atoms with Crippen LogP contribution in [-0.2, 0) is 9.47 Å². The fourth-order valence-corrected chi connectivity index (χ4v) is 8.64. The van der Waals surface area contributed by atoms with Crippen molar-refractivity contribution in [2.24, 2.45) is 0 Å². The predicted molar refractivity (Wildman–Crippen MR) is 148 cm³/mol. The first-order valence-corrected chi connectivity index (χ1v) is 15.0. The molecule has 0 saturated heterocycles. The lowest BCUT2D eigenvalue weighted by molar-refractivity contribution is 0.0517. The SMILES string of the molecule is CCOC(=O)c1sc(=O)n(-c2ccccc2)c1SSc1c(C(=O)OCC)sc(=S)n1-c1ccccc1. The molecule has 0 bridgehead atoms. The van der Waals surface area contributed by atoms with Gasteiger partial charge in [0.1, 0.15) is 19.8 Å². The Balaban J connectivity index is 1.84. The summed E-state index contributed by atoms with van der Waals surface area (Å²) in [6.45, 7) is 3.85. The second-order valence-corrected chi connectivity index (χ2v) is 11.7. The molecule has 2 heterocycles. The number of hydrogen-bond acceptors (Lipinski definition) is 10. The van der Waals surface area contributed by atoms with E-state index in [0.717, 1.165) is 28.4 Å². The number of para-hydroxylation sites is 2. The molecule has 0 fully saturated rings. The molecular weight excluding hydrogens is 557 g/mol. The minimum Gasteiger partial charge on any atom is -0.462 e. The minimum absolute atomic E-state index is 0.179. The smallest absolute Gasteiger partial charge is 0.351 e. The third-order valence-corrected chi connectivity index (χ3v) is 9.59. The van der Waals surface area contributed by atoms with E-state index in [-0.39, 0.29) is 23.0 Å². The molecule has 0 aliphatic rings. The van der Waals surface area contributed by atoms with E-state index in [4.69, 9.17) is 21.7 Å². The molecule has 0 saturated carbocycles. The number of aromatic nitrogens is 2. The standard InChI is InChI=1S/C24H20N2O5S5/c1-3-30-21(27)17-19(25(23(29)33-17)15-11-7-5-8-12-15)35-36-20-18(22(28)31-4-2)34-24(32)26(20)16-13-9-6-10-14-16/h5-14H,3-4H2,1-2H3. The number of hydrogen-bond donors (Lipinski definition) is 0. The number of benzene rings is 2. The Hall–Kier alpha value is -2.64. The van der Waals surface area contributed by atoms with Gasteiger partial charge in [-0.25, -0.2) is 9.59 Å². The van der Waals surface area contributed by atoms with Gasteiger partial charge in [0, 0.05) is 5.69 Å². The van der Waals surface area contributed by atoms with Gasteiger partial charge in [-0.3, -0.25) is 13.9 Å². The van der Waals surface area contributed by atoms with Crippen LogP contribution in [0, 0.1) is 3.95 Å². The molecule has 0 unspecified atom stereocenters. The third kappa shape index (κ3) is 5.52. The van der Waals surface area contributed by atoms with Gasteiger partial charge in [-0.1, -0.05) is 59.1 Å². The summed E-state index contributed by atoms with van der Waals surface area (Å²) in [5.41, 5.74) is 1.40. The Kier molecular flexibility index (Phi) is 8.86. The van der Waals surface area contributed by atoms with Crippen molar-refractivity contribution < 1.29 is 19.1 Å².